The Hall–Kier alpha value is -3.48. The van der Waals surface area contributed by atoms with E-state index < -0.39 is 28.2 Å². The summed E-state index contributed by atoms with van der Waals surface area (Å²) in [5.74, 6) is -0.305. The van der Waals surface area contributed by atoms with Gasteiger partial charge in [-0.1, -0.05) is 12.6 Å². The molecule has 1 aromatic carbocycles. The zero-order valence-corrected chi connectivity index (χ0v) is 16.6. The molecule has 0 saturated carbocycles. The number of halogens is 1. The van der Waals surface area contributed by atoms with Crippen LogP contribution in [0.4, 0.5) is 31.0 Å². The van der Waals surface area contributed by atoms with Crippen molar-refractivity contribution in [1.82, 2.24) is 15.3 Å². The van der Waals surface area contributed by atoms with Crippen LogP contribution >= 0.6 is 12.6 Å². The van der Waals surface area contributed by atoms with E-state index >= 15 is 0 Å². The second kappa shape index (κ2) is 8.90. The van der Waals surface area contributed by atoms with E-state index in [-0.39, 0.29) is 36.8 Å². The first-order valence-electron chi connectivity index (χ1n) is 8.65. The summed E-state index contributed by atoms with van der Waals surface area (Å²) < 4.78 is 19.8. The normalized spacial score (nSPS) is 15.6. The van der Waals surface area contributed by atoms with Crippen molar-refractivity contribution in [2.45, 2.75) is 12.6 Å². The van der Waals surface area contributed by atoms with Crippen molar-refractivity contribution in [2.24, 2.45) is 0 Å². The third kappa shape index (κ3) is 4.92. The molecule has 2 heterocycles. The molecule has 0 unspecified atom stereocenters. The van der Waals surface area contributed by atoms with E-state index in [2.05, 4.69) is 27.9 Å². The van der Waals surface area contributed by atoms with Gasteiger partial charge in [-0.05, 0) is 18.2 Å². The Morgan fingerprint density at radius 1 is 1.47 bits per heavy atom. The lowest BCUT2D eigenvalue weighted by atomic mass is 10.2. The lowest BCUT2D eigenvalue weighted by Gasteiger charge is -2.21. The summed E-state index contributed by atoms with van der Waals surface area (Å²) in [7, 11) is 1.61. The smallest absolute Gasteiger partial charge is 0.414 e. The summed E-state index contributed by atoms with van der Waals surface area (Å²) in [6.45, 7) is 0.368. The molecule has 1 aliphatic heterocycles. The van der Waals surface area contributed by atoms with Crippen molar-refractivity contribution in [3.63, 3.8) is 0 Å². The Morgan fingerprint density at radius 3 is 2.77 bits per heavy atom. The molecular formula is C17H17FN6O5S. The predicted molar refractivity (Wildman–Crippen MR) is 107 cm³/mol. The number of nitro groups is 1. The number of nitrogens with zero attached hydrogens (tertiary/aromatic N) is 5. The minimum Gasteiger partial charge on any atom is -0.442 e. The standard InChI is InChI=1S/C17H17FN6O5S/c1-22(9-15-19-5-11(6-20-15)24(27)28)14-3-2-10(4-13(14)18)23-8-12(29-17(23)26)7-21-16(25)30/h2-6,12H,7-9H2,1H3,(H2,21,25,30)/t12-/m0/s1. The Balaban J connectivity index is 1.68. The highest BCUT2D eigenvalue weighted by Gasteiger charge is 2.32. The number of ether oxygens (including phenoxy) is 1. The fourth-order valence-electron chi connectivity index (χ4n) is 2.83. The lowest BCUT2D eigenvalue weighted by Crippen LogP contribution is -2.32. The second-order valence-corrected chi connectivity index (χ2v) is 6.81. The van der Waals surface area contributed by atoms with Crippen LogP contribution in [0.5, 0.6) is 0 Å². The third-order valence-corrected chi connectivity index (χ3v) is 4.45. The van der Waals surface area contributed by atoms with Gasteiger partial charge in [0, 0.05) is 7.05 Å². The van der Waals surface area contributed by atoms with E-state index in [1.165, 1.54) is 21.9 Å². The van der Waals surface area contributed by atoms with Gasteiger partial charge in [0.2, 0.25) is 0 Å². The number of hydrogen-bond donors (Lipinski definition) is 2. The number of carbonyl (C=O) groups excluding carboxylic acids is 2. The average molecular weight is 436 g/mol. The molecule has 1 N–H and O–H groups in total. The molecule has 0 aliphatic carbocycles. The summed E-state index contributed by atoms with van der Waals surface area (Å²) in [6.07, 6.45) is 0.953. The Morgan fingerprint density at radius 2 is 2.17 bits per heavy atom. The third-order valence-electron chi connectivity index (χ3n) is 4.29. The van der Waals surface area contributed by atoms with Gasteiger partial charge in [0.1, 0.15) is 30.1 Å². The van der Waals surface area contributed by atoms with E-state index in [4.69, 9.17) is 4.74 Å². The lowest BCUT2D eigenvalue weighted by molar-refractivity contribution is -0.385. The van der Waals surface area contributed by atoms with Gasteiger partial charge in [0.05, 0.1) is 35.9 Å². The molecule has 1 aliphatic rings. The average Bonchev–Trinajstić information content (AvgIpc) is 3.07. The van der Waals surface area contributed by atoms with Crippen molar-refractivity contribution >= 4 is 41.0 Å². The molecule has 1 saturated heterocycles. The van der Waals surface area contributed by atoms with Crippen LogP contribution < -0.4 is 15.1 Å². The molecule has 11 nitrogen and oxygen atoms in total. The van der Waals surface area contributed by atoms with Crippen molar-refractivity contribution in [3.05, 3.63) is 52.3 Å². The molecule has 0 spiro atoms. The van der Waals surface area contributed by atoms with Crippen LogP contribution in [-0.2, 0) is 11.3 Å². The van der Waals surface area contributed by atoms with E-state index in [0.29, 0.717) is 5.69 Å². The molecule has 1 aromatic heterocycles. The predicted octanol–water partition coefficient (Wildman–Crippen LogP) is 2.12. The highest BCUT2D eigenvalue weighted by molar-refractivity contribution is 7.96. The van der Waals surface area contributed by atoms with Crippen LogP contribution in [0, 0.1) is 15.9 Å². The molecular weight excluding hydrogens is 419 g/mol. The largest absolute Gasteiger partial charge is 0.442 e. The van der Waals surface area contributed by atoms with E-state index in [9.17, 15) is 24.1 Å². The fraction of sp³-hybridized carbons (Fsp3) is 0.294. The first kappa shape index (κ1) is 21.2. The van der Waals surface area contributed by atoms with Gasteiger partial charge >= 0.3 is 11.8 Å². The van der Waals surface area contributed by atoms with E-state index in [1.807, 2.05) is 0 Å². The minimum atomic E-state index is -0.645. The molecule has 158 valence electrons. The molecule has 1 atom stereocenters. The van der Waals surface area contributed by atoms with Gasteiger partial charge in [0.15, 0.2) is 0 Å². The molecule has 1 fully saturated rings. The number of aromatic nitrogens is 2. The highest BCUT2D eigenvalue weighted by atomic mass is 32.1. The van der Waals surface area contributed by atoms with Crippen LogP contribution in [0.2, 0.25) is 0 Å². The quantitative estimate of drug-likeness (QED) is 0.383. The van der Waals surface area contributed by atoms with E-state index in [0.717, 1.165) is 12.4 Å². The minimum absolute atomic E-state index is 0.100. The summed E-state index contributed by atoms with van der Waals surface area (Å²) in [5, 5.41) is 12.6. The summed E-state index contributed by atoms with van der Waals surface area (Å²) in [6, 6.07) is 4.25. The van der Waals surface area contributed by atoms with Crippen molar-refractivity contribution in [3.8, 4) is 0 Å². The van der Waals surface area contributed by atoms with Crippen LogP contribution in [0.25, 0.3) is 0 Å². The van der Waals surface area contributed by atoms with Crippen LogP contribution in [-0.4, -0.2) is 52.5 Å². The molecule has 2 aromatic rings. The van der Waals surface area contributed by atoms with Crippen molar-refractivity contribution in [2.75, 3.05) is 29.9 Å². The van der Waals surface area contributed by atoms with Gasteiger partial charge in [-0.3, -0.25) is 19.8 Å². The number of carbonyl (C=O) groups is 2. The van der Waals surface area contributed by atoms with Crippen LogP contribution in [0.1, 0.15) is 5.82 Å². The maximum absolute atomic E-state index is 14.7. The van der Waals surface area contributed by atoms with Crippen LogP contribution in [0.3, 0.4) is 0 Å². The molecule has 2 amide bonds. The SMILES string of the molecule is CN(Cc1ncc([N+](=O)[O-])cn1)c1ccc(N2C[C@H](CNC(=O)S)OC2=O)cc1F. The topological polar surface area (TPSA) is 131 Å². The highest BCUT2D eigenvalue weighted by Crippen LogP contribution is 2.28. The zero-order chi connectivity index (χ0) is 21.8. The first-order valence-corrected chi connectivity index (χ1v) is 9.10. The van der Waals surface area contributed by atoms with Gasteiger partial charge in [-0.25, -0.2) is 19.2 Å². The molecule has 13 heteroatoms. The molecule has 30 heavy (non-hydrogen) atoms. The fourth-order valence-corrected chi connectivity index (χ4v) is 2.93. The van der Waals surface area contributed by atoms with Crippen molar-refractivity contribution < 1.29 is 23.6 Å². The number of cyclic esters (lactones) is 1. The zero-order valence-electron chi connectivity index (χ0n) is 15.7. The maximum atomic E-state index is 14.7. The summed E-state index contributed by atoms with van der Waals surface area (Å²) in [4.78, 5) is 43.6. The Kier molecular flexibility index (Phi) is 6.30. The second-order valence-electron chi connectivity index (χ2n) is 6.41. The number of nitrogens with one attached hydrogen (secondary N) is 1. The first-order chi connectivity index (χ1) is 14.2. The number of benzene rings is 1. The maximum Gasteiger partial charge on any atom is 0.414 e. The summed E-state index contributed by atoms with van der Waals surface area (Å²) in [5.41, 5.74) is 0.301. The number of anilines is 2. The van der Waals surface area contributed by atoms with Gasteiger partial charge in [0.25, 0.3) is 5.24 Å². The summed E-state index contributed by atoms with van der Waals surface area (Å²) >= 11 is 3.58. The van der Waals surface area contributed by atoms with Gasteiger partial charge < -0.3 is 15.0 Å². The number of thiol groups is 1. The number of hydrogen-bond acceptors (Lipinski definition) is 8. The Labute approximate surface area is 175 Å². The van der Waals surface area contributed by atoms with Gasteiger partial charge in [-0.15, -0.1) is 0 Å². The molecule has 0 radical (unpaired) electrons. The van der Waals surface area contributed by atoms with E-state index in [1.54, 1.807) is 13.1 Å². The van der Waals surface area contributed by atoms with Crippen LogP contribution in [0.15, 0.2) is 30.6 Å². The van der Waals surface area contributed by atoms with Crippen molar-refractivity contribution in [1.29, 1.82) is 0 Å². The Bertz CT molecular complexity index is 976. The monoisotopic (exact) mass is 436 g/mol. The van der Waals surface area contributed by atoms with Gasteiger partial charge in [-0.2, -0.15) is 0 Å². The molecule has 3 rings (SSSR count). The number of amides is 2. The molecule has 0 bridgehead atoms. The number of rotatable bonds is 7.